The van der Waals surface area contributed by atoms with Crippen molar-refractivity contribution in [2.45, 2.75) is 26.4 Å². The van der Waals surface area contributed by atoms with E-state index in [9.17, 15) is 4.79 Å². The monoisotopic (exact) mass is 299 g/mol. The molecular formula is C18H21NO3. The van der Waals surface area contributed by atoms with Crippen LogP contribution in [-0.2, 0) is 4.74 Å². The van der Waals surface area contributed by atoms with Crippen LogP contribution in [0.1, 0.15) is 31.1 Å². The number of methoxy groups -OCH3 is 1. The van der Waals surface area contributed by atoms with Gasteiger partial charge in [-0.05, 0) is 45.0 Å². The molecule has 0 aliphatic heterocycles. The van der Waals surface area contributed by atoms with Gasteiger partial charge in [0.15, 0.2) is 0 Å². The molecule has 0 heterocycles. The Bertz CT molecular complexity index is 659. The van der Waals surface area contributed by atoms with Crippen LogP contribution in [-0.4, -0.2) is 18.7 Å². The molecule has 0 bridgehead atoms. The van der Waals surface area contributed by atoms with Gasteiger partial charge >= 0.3 is 5.97 Å². The summed E-state index contributed by atoms with van der Waals surface area (Å²) in [5.41, 5.74) is 1.43. The van der Waals surface area contributed by atoms with Gasteiger partial charge in [-0.1, -0.05) is 24.3 Å². The number of hydrogen-bond donors (Lipinski definition) is 1. The van der Waals surface area contributed by atoms with Crippen molar-refractivity contribution in [3.8, 4) is 5.75 Å². The summed E-state index contributed by atoms with van der Waals surface area (Å²) >= 11 is 0. The number of carbonyl (C=O) groups excluding carboxylic acids is 1. The summed E-state index contributed by atoms with van der Waals surface area (Å²) in [5, 5.41) is 3.23. The van der Waals surface area contributed by atoms with Crippen molar-refractivity contribution in [2.75, 3.05) is 12.4 Å². The molecule has 1 N–H and O–H groups in total. The molecule has 0 spiro atoms. The number of rotatable bonds is 4. The van der Waals surface area contributed by atoms with Crippen molar-refractivity contribution in [1.29, 1.82) is 0 Å². The second-order valence-corrected chi connectivity index (χ2v) is 5.87. The molecule has 0 amide bonds. The van der Waals surface area contributed by atoms with E-state index in [0.717, 1.165) is 5.69 Å². The minimum absolute atomic E-state index is 0.356. The number of hydrogen-bond acceptors (Lipinski definition) is 4. The third kappa shape index (κ3) is 4.01. The van der Waals surface area contributed by atoms with Crippen LogP contribution >= 0.6 is 0 Å². The third-order valence-electron chi connectivity index (χ3n) is 2.92. The van der Waals surface area contributed by atoms with Crippen molar-refractivity contribution in [3.05, 3.63) is 54.1 Å². The number of esters is 1. The highest BCUT2D eigenvalue weighted by molar-refractivity contribution is 5.97. The summed E-state index contributed by atoms with van der Waals surface area (Å²) in [4.78, 5) is 12.3. The summed E-state index contributed by atoms with van der Waals surface area (Å²) in [6.07, 6.45) is 0. The summed E-state index contributed by atoms with van der Waals surface area (Å²) in [6.45, 7) is 5.55. The zero-order valence-electron chi connectivity index (χ0n) is 13.3. The van der Waals surface area contributed by atoms with E-state index in [1.165, 1.54) is 0 Å². The maximum absolute atomic E-state index is 12.3. The van der Waals surface area contributed by atoms with Crippen LogP contribution in [0.2, 0.25) is 0 Å². The summed E-state index contributed by atoms with van der Waals surface area (Å²) in [6, 6.07) is 14.8. The Kier molecular flexibility index (Phi) is 4.71. The second-order valence-electron chi connectivity index (χ2n) is 5.87. The molecule has 0 fully saturated rings. The fourth-order valence-electron chi connectivity index (χ4n) is 2.00. The lowest BCUT2D eigenvalue weighted by atomic mass is 10.1. The average Bonchev–Trinajstić information content (AvgIpc) is 2.46. The maximum atomic E-state index is 12.3. The lowest BCUT2D eigenvalue weighted by molar-refractivity contribution is 0.00707. The van der Waals surface area contributed by atoms with Gasteiger partial charge in [0.1, 0.15) is 11.4 Å². The number of para-hydroxylation sites is 3. The molecule has 0 atom stereocenters. The fourth-order valence-corrected chi connectivity index (χ4v) is 2.00. The fraction of sp³-hybridized carbons (Fsp3) is 0.278. The van der Waals surface area contributed by atoms with Crippen LogP contribution in [0.4, 0.5) is 11.4 Å². The molecule has 116 valence electrons. The van der Waals surface area contributed by atoms with E-state index in [1.54, 1.807) is 13.2 Å². The quantitative estimate of drug-likeness (QED) is 0.850. The molecular weight excluding hydrogens is 278 g/mol. The molecule has 0 aliphatic carbocycles. The molecule has 4 heteroatoms. The molecule has 0 saturated heterocycles. The first kappa shape index (κ1) is 15.9. The first-order valence-electron chi connectivity index (χ1n) is 7.13. The average molecular weight is 299 g/mol. The zero-order valence-corrected chi connectivity index (χ0v) is 13.3. The Labute approximate surface area is 131 Å². The van der Waals surface area contributed by atoms with Gasteiger partial charge in [0.25, 0.3) is 0 Å². The first-order valence-corrected chi connectivity index (χ1v) is 7.13. The van der Waals surface area contributed by atoms with Crippen LogP contribution in [0.25, 0.3) is 0 Å². The van der Waals surface area contributed by atoms with Crippen molar-refractivity contribution in [2.24, 2.45) is 0 Å². The van der Waals surface area contributed by atoms with Crippen LogP contribution in [0.15, 0.2) is 48.5 Å². The SMILES string of the molecule is COc1ccccc1Nc1ccccc1C(=O)OC(C)(C)C. The molecule has 2 rings (SSSR count). The minimum Gasteiger partial charge on any atom is -0.495 e. The van der Waals surface area contributed by atoms with E-state index in [1.807, 2.05) is 63.2 Å². The van der Waals surface area contributed by atoms with Crippen LogP contribution in [0, 0.1) is 0 Å². The molecule has 0 aromatic heterocycles. The highest BCUT2D eigenvalue weighted by atomic mass is 16.6. The maximum Gasteiger partial charge on any atom is 0.340 e. The number of ether oxygens (including phenoxy) is 2. The van der Waals surface area contributed by atoms with Gasteiger partial charge in [-0.25, -0.2) is 4.79 Å². The van der Waals surface area contributed by atoms with Crippen LogP contribution in [0.3, 0.4) is 0 Å². The molecule has 0 aliphatic rings. The zero-order chi connectivity index (χ0) is 16.2. The molecule has 22 heavy (non-hydrogen) atoms. The normalized spacial score (nSPS) is 10.9. The molecule has 0 saturated carbocycles. The predicted octanol–water partition coefficient (Wildman–Crippen LogP) is 4.39. The molecule has 4 nitrogen and oxygen atoms in total. The second kappa shape index (κ2) is 6.52. The molecule has 2 aromatic rings. The van der Waals surface area contributed by atoms with E-state index < -0.39 is 5.60 Å². The Hall–Kier alpha value is -2.49. The van der Waals surface area contributed by atoms with Crippen molar-refractivity contribution < 1.29 is 14.3 Å². The molecule has 0 unspecified atom stereocenters. The Morgan fingerprint density at radius 2 is 1.55 bits per heavy atom. The van der Waals surface area contributed by atoms with Gasteiger partial charge < -0.3 is 14.8 Å². The largest absolute Gasteiger partial charge is 0.495 e. The highest BCUT2D eigenvalue weighted by Gasteiger charge is 2.20. The summed E-state index contributed by atoms with van der Waals surface area (Å²) in [7, 11) is 1.61. The lowest BCUT2D eigenvalue weighted by Gasteiger charge is -2.21. The molecule has 2 aromatic carbocycles. The number of nitrogens with one attached hydrogen (secondary N) is 1. The smallest absolute Gasteiger partial charge is 0.340 e. The number of benzene rings is 2. The van der Waals surface area contributed by atoms with E-state index in [-0.39, 0.29) is 5.97 Å². The Morgan fingerprint density at radius 1 is 0.955 bits per heavy atom. The number of carbonyl (C=O) groups is 1. The van der Waals surface area contributed by atoms with Crippen molar-refractivity contribution in [3.63, 3.8) is 0 Å². The topological polar surface area (TPSA) is 47.6 Å². The lowest BCUT2D eigenvalue weighted by Crippen LogP contribution is -2.24. The predicted molar refractivity (Wildman–Crippen MR) is 87.9 cm³/mol. The third-order valence-corrected chi connectivity index (χ3v) is 2.92. The Morgan fingerprint density at radius 3 is 2.18 bits per heavy atom. The standard InChI is InChI=1S/C18H21NO3/c1-18(2,3)22-17(20)13-9-5-6-10-14(13)19-15-11-7-8-12-16(15)21-4/h5-12,19H,1-4H3. The summed E-state index contributed by atoms with van der Waals surface area (Å²) in [5.74, 6) is 0.354. The minimum atomic E-state index is -0.533. The summed E-state index contributed by atoms with van der Waals surface area (Å²) < 4.78 is 10.8. The molecule has 0 radical (unpaired) electrons. The van der Waals surface area contributed by atoms with E-state index in [4.69, 9.17) is 9.47 Å². The van der Waals surface area contributed by atoms with Gasteiger partial charge in [0.05, 0.1) is 24.0 Å². The van der Waals surface area contributed by atoms with Gasteiger partial charge in [-0.3, -0.25) is 0 Å². The van der Waals surface area contributed by atoms with E-state index >= 15 is 0 Å². The van der Waals surface area contributed by atoms with Crippen LogP contribution in [0.5, 0.6) is 5.75 Å². The highest BCUT2D eigenvalue weighted by Crippen LogP contribution is 2.29. The van der Waals surface area contributed by atoms with Gasteiger partial charge in [-0.15, -0.1) is 0 Å². The Balaban J connectivity index is 2.31. The van der Waals surface area contributed by atoms with E-state index in [2.05, 4.69) is 5.32 Å². The number of anilines is 2. The van der Waals surface area contributed by atoms with E-state index in [0.29, 0.717) is 17.0 Å². The van der Waals surface area contributed by atoms with Crippen molar-refractivity contribution >= 4 is 17.3 Å². The van der Waals surface area contributed by atoms with Crippen molar-refractivity contribution in [1.82, 2.24) is 0 Å². The first-order chi connectivity index (χ1) is 10.4. The van der Waals surface area contributed by atoms with Gasteiger partial charge in [0.2, 0.25) is 0 Å². The van der Waals surface area contributed by atoms with Gasteiger partial charge in [0, 0.05) is 0 Å². The van der Waals surface area contributed by atoms with Crippen LogP contribution < -0.4 is 10.1 Å². The van der Waals surface area contributed by atoms with Gasteiger partial charge in [-0.2, -0.15) is 0 Å².